The number of amides is 2. The van der Waals surface area contributed by atoms with Crippen molar-refractivity contribution in [3.8, 4) is 11.5 Å². The van der Waals surface area contributed by atoms with Gasteiger partial charge in [-0.05, 0) is 30.5 Å². The van der Waals surface area contributed by atoms with E-state index in [1.54, 1.807) is 14.2 Å². The van der Waals surface area contributed by atoms with Crippen LogP contribution in [-0.2, 0) is 16.0 Å². The number of hydrogen-bond acceptors (Lipinski definition) is 4. The van der Waals surface area contributed by atoms with E-state index in [1.165, 1.54) is 0 Å². The molecule has 0 N–H and O–H groups in total. The number of nitrogens with zero attached hydrogens (tertiary/aromatic N) is 2. The number of unbranched alkanes of at least 4 members (excludes halogenated alkanes) is 1. The molecule has 26 heavy (non-hydrogen) atoms. The molecule has 0 aromatic heterocycles. The average Bonchev–Trinajstić information content (AvgIpc) is 2.92. The molecule has 0 spiro atoms. The maximum Gasteiger partial charge on any atom is 0.227 e. The Kier molecular flexibility index (Phi) is 7.75. The summed E-state index contributed by atoms with van der Waals surface area (Å²) >= 11 is 0. The first kappa shape index (κ1) is 20.1. The molecular formula is C20H30N2O4. The molecule has 1 aliphatic rings. The fourth-order valence-corrected chi connectivity index (χ4v) is 3.18. The average molecular weight is 362 g/mol. The highest BCUT2D eigenvalue weighted by Crippen LogP contribution is 2.27. The molecule has 1 saturated heterocycles. The van der Waals surface area contributed by atoms with E-state index in [-0.39, 0.29) is 11.8 Å². The number of hydrogen-bond donors (Lipinski definition) is 0. The molecule has 0 atom stereocenters. The number of methoxy groups -OCH3 is 2. The van der Waals surface area contributed by atoms with Crippen LogP contribution < -0.4 is 9.47 Å². The summed E-state index contributed by atoms with van der Waals surface area (Å²) in [6.45, 7) is 4.75. The molecule has 1 aromatic rings. The van der Waals surface area contributed by atoms with Gasteiger partial charge in [-0.15, -0.1) is 0 Å². The van der Waals surface area contributed by atoms with Gasteiger partial charge in [0.05, 0.1) is 20.6 Å². The van der Waals surface area contributed by atoms with Gasteiger partial charge >= 0.3 is 0 Å². The Balaban J connectivity index is 1.93. The van der Waals surface area contributed by atoms with E-state index in [1.807, 2.05) is 28.0 Å². The Labute approximate surface area is 156 Å². The number of rotatable bonds is 7. The normalized spacial score (nSPS) is 14.7. The van der Waals surface area contributed by atoms with Crippen LogP contribution in [0, 0.1) is 0 Å². The van der Waals surface area contributed by atoms with E-state index in [4.69, 9.17) is 9.47 Å². The number of carbonyl (C=O) groups is 2. The predicted octanol–water partition coefficient (Wildman–Crippen LogP) is 2.50. The highest BCUT2D eigenvalue weighted by molar-refractivity contribution is 5.79. The lowest BCUT2D eigenvalue weighted by Gasteiger charge is -2.22. The van der Waals surface area contributed by atoms with Crippen molar-refractivity contribution in [2.24, 2.45) is 0 Å². The van der Waals surface area contributed by atoms with Crippen LogP contribution in [0.25, 0.3) is 0 Å². The third kappa shape index (κ3) is 5.38. The summed E-state index contributed by atoms with van der Waals surface area (Å²) < 4.78 is 10.5. The van der Waals surface area contributed by atoms with Gasteiger partial charge in [0, 0.05) is 32.6 Å². The van der Waals surface area contributed by atoms with Crippen LogP contribution in [0.2, 0.25) is 0 Å². The quantitative estimate of drug-likeness (QED) is 0.748. The van der Waals surface area contributed by atoms with Gasteiger partial charge < -0.3 is 19.3 Å². The minimum Gasteiger partial charge on any atom is -0.493 e. The van der Waals surface area contributed by atoms with Crippen LogP contribution in [-0.4, -0.2) is 62.0 Å². The molecule has 0 bridgehead atoms. The monoisotopic (exact) mass is 362 g/mol. The Bertz CT molecular complexity index is 618. The van der Waals surface area contributed by atoms with Gasteiger partial charge in [-0.3, -0.25) is 9.59 Å². The SMILES string of the molecule is CCCCC(=O)N1CCCN(C(=O)Cc2ccc(OC)c(OC)c2)CC1. The molecule has 2 rings (SSSR count). The highest BCUT2D eigenvalue weighted by Gasteiger charge is 2.22. The minimum absolute atomic E-state index is 0.0834. The first-order chi connectivity index (χ1) is 12.6. The fraction of sp³-hybridized carbons (Fsp3) is 0.600. The Morgan fingerprint density at radius 3 is 2.23 bits per heavy atom. The Morgan fingerprint density at radius 2 is 1.62 bits per heavy atom. The zero-order chi connectivity index (χ0) is 18.9. The molecule has 1 fully saturated rings. The lowest BCUT2D eigenvalue weighted by atomic mass is 10.1. The van der Waals surface area contributed by atoms with E-state index in [2.05, 4.69) is 6.92 Å². The lowest BCUT2D eigenvalue weighted by molar-refractivity contribution is -0.133. The van der Waals surface area contributed by atoms with Gasteiger partial charge in [-0.1, -0.05) is 19.4 Å². The van der Waals surface area contributed by atoms with Crippen molar-refractivity contribution in [3.63, 3.8) is 0 Å². The summed E-state index contributed by atoms with van der Waals surface area (Å²) in [4.78, 5) is 28.6. The number of benzene rings is 1. The second-order valence-electron chi connectivity index (χ2n) is 6.58. The zero-order valence-electron chi connectivity index (χ0n) is 16.1. The van der Waals surface area contributed by atoms with Crippen LogP contribution in [0.3, 0.4) is 0 Å². The van der Waals surface area contributed by atoms with Gasteiger partial charge in [0.1, 0.15) is 0 Å². The van der Waals surface area contributed by atoms with Crippen LogP contribution in [0.15, 0.2) is 18.2 Å². The smallest absolute Gasteiger partial charge is 0.227 e. The number of ether oxygens (including phenoxy) is 2. The van der Waals surface area contributed by atoms with E-state index >= 15 is 0 Å². The molecule has 0 unspecified atom stereocenters. The molecule has 0 radical (unpaired) electrons. The van der Waals surface area contributed by atoms with Crippen molar-refractivity contribution >= 4 is 11.8 Å². The minimum atomic E-state index is 0.0834. The van der Waals surface area contributed by atoms with Gasteiger partial charge in [-0.2, -0.15) is 0 Å². The van der Waals surface area contributed by atoms with Crippen molar-refractivity contribution in [1.29, 1.82) is 0 Å². The summed E-state index contributed by atoms with van der Waals surface area (Å²) in [6.07, 6.45) is 3.71. The standard InChI is InChI=1S/C20H30N2O4/c1-4-5-7-19(23)21-10-6-11-22(13-12-21)20(24)15-16-8-9-17(25-2)18(14-16)26-3/h8-9,14H,4-7,10-13,15H2,1-3H3. The van der Waals surface area contributed by atoms with Crippen molar-refractivity contribution < 1.29 is 19.1 Å². The van der Waals surface area contributed by atoms with Crippen molar-refractivity contribution in [2.75, 3.05) is 40.4 Å². The zero-order valence-corrected chi connectivity index (χ0v) is 16.1. The molecule has 0 saturated carbocycles. The summed E-state index contributed by atoms with van der Waals surface area (Å²) in [6, 6.07) is 5.55. The van der Waals surface area contributed by atoms with Crippen molar-refractivity contribution in [2.45, 2.75) is 39.0 Å². The lowest BCUT2D eigenvalue weighted by Crippen LogP contribution is -2.37. The second kappa shape index (κ2) is 10.0. The summed E-state index contributed by atoms with van der Waals surface area (Å²) in [5.41, 5.74) is 0.896. The van der Waals surface area contributed by atoms with Crippen LogP contribution >= 0.6 is 0 Å². The molecule has 2 amide bonds. The van der Waals surface area contributed by atoms with E-state index < -0.39 is 0 Å². The number of carbonyl (C=O) groups excluding carboxylic acids is 2. The maximum absolute atomic E-state index is 12.7. The summed E-state index contributed by atoms with van der Waals surface area (Å²) in [5, 5.41) is 0. The molecule has 0 aliphatic carbocycles. The van der Waals surface area contributed by atoms with Gasteiger partial charge in [0.25, 0.3) is 0 Å². The van der Waals surface area contributed by atoms with E-state index in [0.29, 0.717) is 44.0 Å². The first-order valence-corrected chi connectivity index (χ1v) is 9.35. The predicted molar refractivity (Wildman–Crippen MR) is 101 cm³/mol. The fourth-order valence-electron chi connectivity index (χ4n) is 3.18. The first-order valence-electron chi connectivity index (χ1n) is 9.35. The Hall–Kier alpha value is -2.24. The molecule has 1 aliphatic heterocycles. The van der Waals surface area contributed by atoms with Gasteiger partial charge in [-0.25, -0.2) is 0 Å². The molecular weight excluding hydrogens is 332 g/mol. The van der Waals surface area contributed by atoms with Crippen LogP contribution in [0.1, 0.15) is 38.2 Å². The third-order valence-electron chi connectivity index (χ3n) is 4.75. The highest BCUT2D eigenvalue weighted by atomic mass is 16.5. The van der Waals surface area contributed by atoms with Crippen molar-refractivity contribution in [3.05, 3.63) is 23.8 Å². The molecule has 1 aromatic carbocycles. The van der Waals surface area contributed by atoms with E-state index in [0.717, 1.165) is 31.4 Å². The topological polar surface area (TPSA) is 59.1 Å². The molecule has 6 heteroatoms. The third-order valence-corrected chi connectivity index (χ3v) is 4.75. The van der Waals surface area contributed by atoms with E-state index in [9.17, 15) is 9.59 Å². The molecule has 1 heterocycles. The molecule has 6 nitrogen and oxygen atoms in total. The summed E-state index contributed by atoms with van der Waals surface area (Å²) in [5.74, 6) is 1.57. The Morgan fingerprint density at radius 1 is 0.962 bits per heavy atom. The summed E-state index contributed by atoms with van der Waals surface area (Å²) in [7, 11) is 3.18. The molecule has 144 valence electrons. The van der Waals surface area contributed by atoms with Crippen LogP contribution in [0.4, 0.5) is 0 Å². The van der Waals surface area contributed by atoms with Gasteiger partial charge in [0.2, 0.25) is 11.8 Å². The van der Waals surface area contributed by atoms with Crippen molar-refractivity contribution in [1.82, 2.24) is 9.80 Å². The van der Waals surface area contributed by atoms with Crippen LogP contribution in [0.5, 0.6) is 11.5 Å². The second-order valence-corrected chi connectivity index (χ2v) is 6.58. The largest absolute Gasteiger partial charge is 0.493 e. The van der Waals surface area contributed by atoms with Gasteiger partial charge in [0.15, 0.2) is 11.5 Å². The maximum atomic E-state index is 12.7.